The van der Waals surface area contributed by atoms with Crippen molar-refractivity contribution in [1.29, 1.82) is 0 Å². The predicted molar refractivity (Wildman–Crippen MR) is 95.7 cm³/mol. The maximum Gasteiger partial charge on any atom is 0.123 e. The summed E-state index contributed by atoms with van der Waals surface area (Å²) >= 11 is 3.53. The van der Waals surface area contributed by atoms with Gasteiger partial charge in [-0.2, -0.15) is 0 Å². The van der Waals surface area contributed by atoms with E-state index in [9.17, 15) is 0 Å². The highest BCUT2D eigenvalue weighted by molar-refractivity contribution is 9.10. The minimum Gasteiger partial charge on any atom is -0.489 e. The van der Waals surface area contributed by atoms with Gasteiger partial charge in [-0.1, -0.05) is 70.5 Å². The highest BCUT2D eigenvalue weighted by Crippen LogP contribution is 2.23. The van der Waals surface area contributed by atoms with Crippen LogP contribution < -0.4 is 9.47 Å². The molecule has 23 heavy (non-hydrogen) atoms. The Bertz CT molecular complexity index is 756. The molecule has 0 saturated carbocycles. The molecule has 3 heteroatoms. The average Bonchev–Trinajstić information content (AvgIpc) is 2.61. The van der Waals surface area contributed by atoms with Crippen LogP contribution in [0, 0.1) is 0 Å². The summed E-state index contributed by atoms with van der Waals surface area (Å²) in [7, 11) is 0. The lowest BCUT2D eigenvalue weighted by atomic mass is 10.2. The maximum atomic E-state index is 5.86. The summed E-state index contributed by atoms with van der Waals surface area (Å²) in [5.74, 6) is 1.60. The summed E-state index contributed by atoms with van der Waals surface area (Å²) in [6.07, 6.45) is 0. The second-order valence-electron chi connectivity index (χ2n) is 5.13. The van der Waals surface area contributed by atoms with Crippen molar-refractivity contribution in [3.63, 3.8) is 0 Å². The molecule has 0 amide bonds. The van der Waals surface area contributed by atoms with Crippen LogP contribution in [0.15, 0.2) is 83.3 Å². The molecule has 0 aromatic heterocycles. The molecule has 0 saturated heterocycles. The zero-order chi connectivity index (χ0) is 15.9. The lowest BCUT2D eigenvalue weighted by molar-refractivity contribution is 0.289. The molecule has 3 aromatic rings. The van der Waals surface area contributed by atoms with Crippen LogP contribution in [0.2, 0.25) is 0 Å². The third kappa shape index (κ3) is 4.60. The number of halogens is 1. The van der Waals surface area contributed by atoms with Gasteiger partial charge in [-0.15, -0.1) is 0 Å². The second-order valence-corrected chi connectivity index (χ2v) is 5.98. The second kappa shape index (κ2) is 7.84. The molecular weight excluding hydrogens is 352 g/mol. The quantitative estimate of drug-likeness (QED) is 0.563. The lowest BCUT2D eigenvalue weighted by Gasteiger charge is -2.10. The summed E-state index contributed by atoms with van der Waals surface area (Å²) in [5.41, 5.74) is 2.26. The maximum absolute atomic E-state index is 5.86. The third-order valence-corrected chi connectivity index (χ3v) is 4.18. The van der Waals surface area contributed by atoms with Gasteiger partial charge >= 0.3 is 0 Å². The Morgan fingerprint density at radius 2 is 1.30 bits per heavy atom. The first-order valence-electron chi connectivity index (χ1n) is 7.44. The first-order valence-corrected chi connectivity index (χ1v) is 8.23. The zero-order valence-electron chi connectivity index (χ0n) is 12.6. The van der Waals surface area contributed by atoms with Crippen molar-refractivity contribution >= 4 is 15.9 Å². The van der Waals surface area contributed by atoms with Gasteiger partial charge in [0.2, 0.25) is 0 Å². The van der Waals surface area contributed by atoms with E-state index in [4.69, 9.17) is 9.47 Å². The summed E-state index contributed by atoms with van der Waals surface area (Å²) in [4.78, 5) is 0. The van der Waals surface area contributed by atoms with E-state index in [1.165, 1.54) is 0 Å². The Morgan fingerprint density at radius 3 is 2.04 bits per heavy atom. The molecule has 0 N–H and O–H groups in total. The van der Waals surface area contributed by atoms with E-state index in [1.54, 1.807) is 0 Å². The molecule has 0 aliphatic heterocycles. The van der Waals surface area contributed by atoms with Crippen molar-refractivity contribution < 1.29 is 9.47 Å². The Hall–Kier alpha value is -2.26. The number of hydrogen-bond donors (Lipinski definition) is 0. The third-order valence-electron chi connectivity index (χ3n) is 3.41. The lowest BCUT2D eigenvalue weighted by Crippen LogP contribution is -1.98. The fourth-order valence-electron chi connectivity index (χ4n) is 2.17. The molecule has 2 nitrogen and oxygen atoms in total. The molecule has 3 rings (SSSR count). The average molecular weight is 369 g/mol. The summed E-state index contributed by atoms with van der Waals surface area (Å²) in [6.45, 7) is 1.07. The first-order chi connectivity index (χ1) is 11.3. The Kier molecular flexibility index (Phi) is 5.33. The van der Waals surface area contributed by atoms with E-state index < -0.39 is 0 Å². The molecule has 0 unspecified atom stereocenters. The summed E-state index contributed by atoms with van der Waals surface area (Å²) in [5, 5.41) is 0. The predicted octanol–water partition coefficient (Wildman–Crippen LogP) is 5.61. The first kappa shape index (κ1) is 15.6. The number of hydrogen-bond acceptors (Lipinski definition) is 2. The molecule has 0 spiro atoms. The van der Waals surface area contributed by atoms with Gasteiger partial charge in [0.15, 0.2) is 0 Å². The fourth-order valence-corrected chi connectivity index (χ4v) is 2.57. The minimum absolute atomic E-state index is 0.517. The van der Waals surface area contributed by atoms with Crippen LogP contribution in [0.4, 0.5) is 0 Å². The summed E-state index contributed by atoms with van der Waals surface area (Å²) < 4.78 is 12.7. The van der Waals surface area contributed by atoms with Gasteiger partial charge in [-0.25, -0.2) is 0 Å². The minimum atomic E-state index is 0.517. The number of ether oxygens (including phenoxy) is 2. The van der Waals surface area contributed by atoms with Gasteiger partial charge in [0, 0.05) is 16.1 Å². The van der Waals surface area contributed by atoms with E-state index >= 15 is 0 Å². The van der Waals surface area contributed by atoms with E-state index in [0.29, 0.717) is 13.2 Å². The van der Waals surface area contributed by atoms with E-state index in [2.05, 4.69) is 15.9 Å². The van der Waals surface area contributed by atoms with Gasteiger partial charge < -0.3 is 9.47 Å². The Labute approximate surface area is 144 Å². The number of benzene rings is 3. The molecule has 116 valence electrons. The molecule has 0 heterocycles. The van der Waals surface area contributed by atoms with Crippen LogP contribution in [0.1, 0.15) is 11.1 Å². The molecular formula is C20H17BrO2. The van der Waals surface area contributed by atoms with Crippen LogP contribution in [-0.2, 0) is 13.2 Å². The fraction of sp³-hybridized carbons (Fsp3) is 0.100. The van der Waals surface area contributed by atoms with Gasteiger partial charge in [0.25, 0.3) is 0 Å². The highest BCUT2D eigenvalue weighted by atomic mass is 79.9. The molecule has 0 aliphatic rings. The molecule has 0 radical (unpaired) electrons. The van der Waals surface area contributed by atoms with Gasteiger partial charge in [-0.3, -0.25) is 0 Å². The van der Waals surface area contributed by atoms with Crippen molar-refractivity contribution in [2.45, 2.75) is 13.2 Å². The largest absolute Gasteiger partial charge is 0.489 e. The van der Waals surface area contributed by atoms with Crippen LogP contribution >= 0.6 is 15.9 Å². The van der Waals surface area contributed by atoms with Gasteiger partial charge in [0.1, 0.15) is 24.7 Å². The van der Waals surface area contributed by atoms with Crippen molar-refractivity contribution in [3.8, 4) is 11.5 Å². The summed E-state index contributed by atoms with van der Waals surface area (Å²) in [6, 6.07) is 25.9. The van der Waals surface area contributed by atoms with E-state index in [0.717, 1.165) is 27.1 Å². The Morgan fingerprint density at radius 1 is 0.652 bits per heavy atom. The molecule has 0 bridgehead atoms. The monoisotopic (exact) mass is 368 g/mol. The standard InChI is InChI=1S/C20H17BrO2/c21-20-12-5-4-9-17(20)15-23-19-11-6-10-18(13-19)22-14-16-7-2-1-3-8-16/h1-13H,14-15H2. The van der Waals surface area contributed by atoms with Crippen LogP contribution in [0.25, 0.3) is 0 Å². The molecule has 0 atom stereocenters. The molecule has 3 aromatic carbocycles. The van der Waals surface area contributed by atoms with Crippen LogP contribution in [0.5, 0.6) is 11.5 Å². The highest BCUT2D eigenvalue weighted by Gasteiger charge is 2.02. The number of rotatable bonds is 6. The topological polar surface area (TPSA) is 18.5 Å². The Balaban J connectivity index is 1.60. The molecule has 0 fully saturated rings. The van der Waals surface area contributed by atoms with Crippen LogP contribution in [0.3, 0.4) is 0 Å². The van der Waals surface area contributed by atoms with Crippen molar-refractivity contribution in [2.75, 3.05) is 0 Å². The van der Waals surface area contributed by atoms with E-state index in [1.807, 2.05) is 78.9 Å². The normalized spacial score (nSPS) is 10.3. The van der Waals surface area contributed by atoms with Crippen molar-refractivity contribution in [2.24, 2.45) is 0 Å². The van der Waals surface area contributed by atoms with E-state index in [-0.39, 0.29) is 0 Å². The zero-order valence-corrected chi connectivity index (χ0v) is 14.2. The van der Waals surface area contributed by atoms with Gasteiger partial charge in [-0.05, 0) is 23.8 Å². The van der Waals surface area contributed by atoms with Crippen LogP contribution in [-0.4, -0.2) is 0 Å². The van der Waals surface area contributed by atoms with Gasteiger partial charge in [0.05, 0.1) is 0 Å². The smallest absolute Gasteiger partial charge is 0.123 e. The van der Waals surface area contributed by atoms with Crippen molar-refractivity contribution in [1.82, 2.24) is 0 Å². The SMILES string of the molecule is Brc1ccccc1COc1cccc(OCc2ccccc2)c1. The molecule has 0 aliphatic carbocycles. The van der Waals surface area contributed by atoms with Crippen molar-refractivity contribution in [3.05, 3.63) is 94.5 Å².